The van der Waals surface area contributed by atoms with Crippen molar-refractivity contribution in [2.24, 2.45) is 0 Å². The number of para-hydroxylation sites is 3. The van der Waals surface area contributed by atoms with Gasteiger partial charge in [0.2, 0.25) is 0 Å². The van der Waals surface area contributed by atoms with E-state index >= 15 is 0 Å². The Labute approximate surface area is 352 Å². The summed E-state index contributed by atoms with van der Waals surface area (Å²) in [6.45, 7) is 0. The highest BCUT2D eigenvalue weighted by atomic mass is 15.1. The molecule has 0 atom stereocenters. The average Bonchev–Trinajstić information content (AvgIpc) is 3.83. The molecule has 1 heterocycles. The average molecular weight is 741 g/mol. The molecule has 10 aromatic rings. The molecule has 1 aliphatic rings. The summed E-state index contributed by atoms with van der Waals surface area (Å²) >= 11 is 0. The lowest BCUT2D eigenvalue weighted by atomic mass is 9.59. The van der Waals surface area contributed by atoms with E-state index in [0.29, 0.717) is 0 Å². The predicted octanol–water partition coefficient (Wildman–Crippen LogP) is -0.799. The second kappa shape index (κ2) is 13.1. The molecular weight excluding hydrogens is 703 g/mol. The van der Waals surface area contributed by atoms with Gasteiger partial charge >= 0.3 is 0 Å². The molecule has 1 aromatic heterocycles. The van der Waals surface area contributed by atoms with Crippen molar-refractivity contribution < 1.29 is 0 Å². The Morgan fingerprint density at radius 3 is 1.36 bits per heavy atom. The molecule has 0 bridgehead atoms. The number of hydrogen-bond donors (Lipinski definition) is 0. The molecule has 11 rings (SSSR count). The smallest absolute Gasteiger partial charge is 0.146 e. The van der Waals surface area contributed by atoms with Crippen LogP contribution in [0.4, 0.5) is 0 Å². The van der Waals surface area contributed by atoms with E-state index < -0.39 is 0 Å². The van der Waals surface area contributed by atoms with Crippen molar-refractivity contribution in [1.82, 2.24) is 9.55 Å². The van der Waals surface area contributed by atoms with Gasteiger partial charge in [-0.1, -0.05) is 131 Å². The molecule has 0 amide bonds. The van der Waals surface area contributed by atoms with Gasteiger partial charge in [-0.3, -0.25) is 4.57 Å². The largest absolute Gasteiger partial charge is 0.292 e. The third kappa shape index (κ3) is 4.90. The van der Waals surface area contributed by atoms with Gasteiger partial charge in [-0.05, 0) is 101 Å². The minimum atomic E-state index is 0.946. The van der Waals surface area contributed by atoms with Crippen LogP contribution in [0.3, 0.4) is 0 Å². The summed E-state index contributed by atoms with van der Waals surface area (Å²) in [6.07, 6.45) is 0. The zero-order chi connectivity index (χ0) is 40.4. The van der Waals surface area contributed by atoms with Gasteiger partial charge in [0.1, 0.15) is 68.6 Å². The fourth-order valence-corrected chi connectivity index (χ4v) is 10.6. The first-order valence-corrected chi connectivity index (χ1v) is 20.9. The Kier molecular flexibility index (Phi) is 7.98. The van der Waals surface area contributed by atoms with E-state index in [1.807, 2.05) is 0 Å². The molecule has 9 aromatic carbocycles. The number of nitrogens with zero attached hydrogens (tertiary/aromatic N) is 2. The summed E-state index contributed by atoms with van der Waals surface area (Å²) in [5, 5.41) is 8.04. The molecule has 0 saturated carbocycles. The first kappa shape index (κ1) is 35.9. The lowest BCUT2D eigenvalue weighted by molar-refractivity contribution is 1.10. The molecule has 268 valence electrons. The minimum absolute atomic E-state index is 0.946. The van der Waals surface area contributed by atoms with Gasteiger partial charge in [-0.25, -0.2) is 4.98 Å². The van der Waals surface area contributed by atoms with Gasteiger partial charge in [0.05, 0.1) is 11.0 Å². The summed E-state index contributed by atoms with van der Waals surface area (Å²) in [4.78, 5) is 5.45. The van der Waals surface area contributed by atoms with E-state index in [1.165, 1.54) is 121 Å². The van der Waals surface area contributed by atoms with Gasteiger partial charge < -0.3 is 0 Å². The van der Waals surface area contributed by atoms with Gasteiger partial charge in [0, 0.05) is 11.3 Å². The van der Waals surface area contributed by atoms with Crippen molar-refractivity contribution in [2.75, 3.05) is 0 Å². The summed E-state index contributed by atoms with van der Waals surface area (Å²) < 4.78 is 2.35. The van der Waals surface area contributed by atoms with E-state index in [4.69, 9.17) is 4.98 Å². The van der Waals surface area contributed by atoms with Gasteiger partial charge in [0.15, 0.2) is 0 Å². The molecule has 1 aliphatic carbocycles. The molecule has 0 saturated heterocycles. The molecule has 0 fully saturated rings. The van der Waals surface area contributed by atoms with Crippen LogP contribution in [0.2, 0.25) is 0 Å². The van der Waals surface area contributed by atoms with Crippen LogP contribution in [0.25, 0.3) is 105 Å². The Hall–Kier alpha value is -6.25. The zero-order valence-corrected chi connectivity index (χ0v) is 35.1. The van der Waals surface area contributed by atoms with Crippen LogP contribution in [-0.2, 0) is 0 Å². The molecular formula is C49H38B8N2. The van der Waals surface area contributed by atoms with Crippen LogP contribution in [-0.4, -0.2) is 72.3 Å². The Morgan fingerprint density at radius 2 is 0.763 bits per heavy atom. The third-order valence-corrected chi connectivity index (χ3v) is 14.2. The van der Waals surface area contributed by atoms with Crippen molar-refractivity contribution in [2.45, 2.75) is 0 Å². The lowest BCUT2D eigenvalue weighted by Crippen LogP contribution is -2.50. The molecule has 0 spiro atoms. The van der Waals surface area contributed by atoms with E-state index in [0.717, 1.165) is 28.1 Å². The van der Waals surface area contributed by atoms with Gasteiger partial charge in [-0.2, -0.15) is 0 Å². The topological polar surface area (TPSA) is 17.8 Å². The van der Waals surface area contributed by atoms with Crippen molar-refractivity contribution in [3.63, 3.8) is 0 Å². The fraction of sp³-hybridized carbons (Fsp3) is 0. The van der Waals surface area contributed by atoms with E-state index in [-0.39, 0.29) is 0 Å². The second-order valence-electron chi connectivity index (χ2n) is 16.8. The normalized spacial score (nSPS) is 11.9. The van der Waals surface area contributed by atoms with Gasteiger partial charge in [-0.15, -0.1) is 21.9 Å². The highest BCUT2D eigenvalue weighted by Gasteiger charge is 2.29. The number of benzene rings is 9. The molecule has 59 heavy (non-hydrogen) atoms. The second-order valence-corrected chi connectivity index (χ2v) is 16.8. The van der Waals surface area contributed by atoms with Crippen molar-refractivity contribution >= 4 is 150 Å². The monoisotopic (exact) mass is 742 g/mol. The van der Waals surface area contributed by atoms with Crippen LogP contribution in [0, 0.1) is 0 Å². The van der Waals surface area contributed by atoms with Crippen LogP contribution in [0.1, 0.15) is 0 Å². The number of hydrogen-bond acceptors (Lipinski definition) is 1. The Bertz CT molecular complexity index is 3370. The molecule has 0 unspecified atom stereocenters. The van der Waals surface area contributed by atoms with Crippen LogP contribution < -0.4 is 43.7 Å². The highest BCUT2D eigenvalue weighted by molar-refractivity contribution is 6.71. The number of fused-ring (bicyclic) bond motifs is 6. The highest BCUT2D eigenvalue weighted by Crippen LogP contribution is 2.51. The minimum Gasteiger partial charge on any atom is -0.292 e. The quantitative estimate of drug-likeness (QED) is 0.171. The first-order chi connectivity index (χ1) is 28.7. The molecule has 0 aliphatic heterocycles. The molecule has 2 nitrogen and oxygen atoms in total. The summed E-state index contributed by atoms with van der Waals surface area (Å²) in [5.74, 6) is 0.946. The molecule has 0 N–H and O–H groups in total. The van der Waals surface area contributed by atoms with Crippen molar-refractivity contribution in [3.05, 3.63) is 133 Å². The third-order valence-electron chi connectivity index (χ3n) is 14.2. The SMILES string of the molecule is Bc1c(B)c(B)c2c(-c3ccc4c5c(cccc35)-c3ccccc3-4)c3c(B)c(B)c(B)c(B)c3c(-c3ccccc3-c3nc4ccccc4n3-c3ccccc3)c2c1B. The van der Waals surface area contributed by atoms with Crippen LogP contribution in [0.15, 0.2) is 133 Å². The maximum Gasteiger partial charge on any atom is 0.146 e. The predicted molar refractivity (Wildman–Crippen MR) is 280 cm³/mol. The maximum atomic E-state index is 5.45. The Morgan fingerprint density at radius 1 is 0.322 bits per heavy atom. The summed E-state index contributed by atoms with van der Waals surface area (Å²) in [7, 11) is 18.7. The first-order valence-electron chi connectivity index (χ1n) is 20.9. The lowest BCUT2D eigenvalue weighted by Gasteiger charge is -2.29. The van der Waals surface area contributed by atoms with E-state index in [2.05, 4.69) is 201 Å². The number of rotatable bonds is 4. The fourth-order valence-electron chi connectivity index (χ4n) is 10.6. The standard InChI is InChI=1S/C49H38B8N2/c50-41-37-35(28-15-6-7-16-31(28)49-58-32-19-8-9-20-33(32)59(49)23-11-2-1-3-12-23)38-40(44(53)48(57)46(55)42(38)51)36(39(37)43(52)47(56)45(41)54)30-22-21-29-25-14-5-4-13-24(25)26-17-10-18-27(30)34(26)29/h1-22H,50-57H2. The van der Waals surface area contributed by atoms with Crippen LogP contribution in [0.5, 0.6) is 0 Å². The molecule has 10 heteroatoms. The number of aromatic nitrogens is 2. The van der Waals surface area contributed by atoms with Gasteiger partial charge in [0.25, 0.3) is 0 Å². The van der Waals surface area contributed by atoms with Crippen molar-refractivity contribution in [3.8, 4) is 61.6 Å². The number of imidazole rings is 1. The van der Waals surface area contributed by atoms with E-state index in [1.54, 1.807) is 0 Å². The Balaban J connectivity index is 1.36. The van der Waals surface area contributed by atoms with Crippen molar-refractivity contribution in [1.29, 1.82) is 0 Å². The van der Waals surface area contributed by atoms with E-state index in [9.17, 15) is 0 Å². The summed E-state index contributed by atoms with van der Waals surface area (Å²) in [6, 6.07) is 49.0. The maximum absolute atomic E-state index is 5.45. The van der Waals surface area contributed by atoms with Crippen LogP contribution >= 0.6 is 0 Å². The zero-order valence-electron chi connectivity index (χ0n) is 35.1. The molecule has 0 radical (unpaired) electrons. The summed E-state index contributed by atoms with van der Waals surface area (Å²) in [5.41, 5.74) is 25.5.